The highest BCUT2D eigenvalue weighted by molar-refractivity contribution is 5.42. The number of nitriles is 1. The first kappa shape index (κ1) is 30.5. The summed E-state index contributed by atoms with van der Waals surface area (Å²) in [5.41, 5.74) is 1.48. The van der Waals surface area contributed by atoms with Gasteiger partial charge in [0.05, 0.1) is 38.1 Å². The highest BCUT2D eigenvalue weighted by Gasteiger charge is 2.11. The standard InChI is InChI=1S/C30H51NO3/c1-3-4-5-6-7-8-9-10-11-12-13-14-15-16-17-18-19-20-29(25-32)34-26-28-22-21-27(24-31)23-30(28)33-2/h21-23,29,32H,3-20,25-26H2,1-2H3/t29-/m1/s1. The fourth-order valence-corrected chi connectivity index (χ4v) is 4.47. The fourth-order valence-electron chi connectivity index (χ4n) is 4.47. The van der Waals surface area contributed by atoms with Crippen LogP contribution in [0.5, 0.6) is 5.75 Å². The molecule has 0 saturated heterocycles. The van der Waals surface area contributed by atoms with Gasteiger partial charge in [0, 0.05) is 5.56 Å². The molecule has 4 heteroatoms. The Morgan fingerprint density at radius 2 is 1.29 bits per heavy atom. The van der Waals surface area contributed by atoms with Gasteiger partial charge in [-0.15, -0.1) is 0 Å². The van der Waals surface area contributed by atoms with Crippen LogP contribution < -0.4 is 4.74 Å². The lowest BCUT2D eigenvalue weighted by atomic mass is 10.0. The van der Waals surface area contributed by atoms with E-state index < -0.39 is 0 Å². The Labute approximate surface area is 210 Å². The third-order valence-corrected chi connectivity index (χ3v) is 6.72. The minimum Gasteiger partial charge on any atom is -0.496 e. The molecule has 4 nitrogen and oxygen atoms in total. The van der Waals surface area contributed by atoms with Crippen LogP contribution >= 0.6 is 0 Å². The average Bonchev–Trinajstić information content (AvgIpc) is 2.87. The summed E-state index contributed by atoms with van der Waals surface area (Å²) in [6.45, 7) is 2.71. The van der Waals surface area contributed by atoms with E-state index in [1.165, 1.54) is 103 Å². The summed E-state index contributed by atoms with van der Waals surface area (Å²) in [5, 5.41) is 18.7. The Bertz CT molecular complexity index is 640. The summed E-state index contributed by atoms with van der Waals surface area (Å²) in [6.07, 6.45) is 24.0. The van der Waals surface area contributed by atoms with Gasteiger partial charge in [-0.05, 0) is 18.6 Å². The molecule has 1 N–H and O–H groups in total. The number of rotatable bonds is 23. The number of aliphatic hydroxyl groups excluding tert-OH is 1. The van der Waals surface area contributed by atoms with E-state index in [1.54, 1.807) is 19.2 Å². The first-order chi connectivity index (χ1) is 16.7. The molecule has 0 heterocycles. The van der Waals surface area contributed by atoms with Crippen LogP contribution in [0, 0.1) is 11.3 Å². The summed E-state index contributed by atoms with van der Waals surface area (Å²) < 4.78 is 11.3. The molecule has 0 bridgehead atoms. The molecule has 0 fully saturated rings. The van der Waals surface area contributed by atoms with Crippen LogP contribution in [-0.4, -0.2) is 24.9 Å². The van der Waals surface area contributed by atoms with Gasteiger partial charge in [0.15, 0.2) is 0 Å². The minimum atomic E-state index is -0.142. The smallest absolute Gasteiger partial charge is 0.125 e. The highest BCUT2D eigenvalue weighted by Crippen LogP contribution is 2.22. The van der Waals surface area contributed by atoms with E-state index >= 15 is 0 Å². The van der Waals surface area contributed by atoms with Crippen molar-refractivity contribution in [3.63, 3.8) is 0 Å². The van der Waals surface area contributed by atoms with Gasteiger partial charge in [-0.25, -0.2) is 0 Å². The number of ether oxygens (including phenoxy) is 2. The van der Waals surface area contributed by atoms with Crippen LogP contribution in [0.4, 0.5) is 0 Å². The van der Waals surface area contributed by atoms with E-state index in [9.17, 15) is 5.11 Å². The zero-order chi connectivity index (χ0) is 24.7. The van der Waals surface area contributed by atoms with Crippen molar-refractivity contribution in [2.24, 2.45) is 0 Å². The van der Waals surface area contributed by atoms with Crippen LogP contribution in [-0.2, 0) is 11.3 Å². The Hall–Kier alpha value is -1.57. The number of methoxy groups -OCH3 is 1. The molecule has 0 aromatic heterocycles. The first-order valence-electron chi connectivity index (χ1n) is 14.0. The molecule has 1 atom stereocenters. The van der Waals surface area contributed by atoms with Gasteiger partial charge in [0.25, 0.3) is 0 Å². The maximum atomic E-state index is 9.65. The normalized spacial score (nSPS) is 11.9. The second-order valence-corrected chi connectivity index (χ2v) is 9.70. The topological polar surface area (TPSA) is 62.5 Å². The molecule has 1 rings (SSSR count). The van der Waals surface area contributed by atoms with E-state index in [2.05, 4.69) is 13.0 Å². The van der Waals surface area contributed by atoms with Crippen LogP contribution in [0.25, 0.3) is 0 Å². The van der Waals surface area contributed by atoms with Crippen LogP contribution in [0.2, 0.25) is 0 Å². The van der Waals surface area contributed by atoms with Crippen molar-refractivity contribution in [2.75, 3.05) is 13.7 Å². The van der Waals surface area contributed by atoms with Gasteiger partial charge < -0.3 is 14.6 Å². The molecular weight excluding hydrogens is 422 g/mol. The van der Waals surface area contributed by atoms with Gasteiger partial charge in [0.2, 0.25) is 0 Å². The zero-order valence-electron chi connectivity index (χ0n) is 22.2. The molecule has 1 aromatic rings. The maximum Gasteiger partial charge on any atom is 0.125 e. The second kappa shape index (κ2) is 21.9. The first-order valence-corrected chi connectivity index (χ1v) is 14.0. The molecule has 34 heavy (non-hydrogen) atoms. The molecule has 0 aliphatic carbocycles. The van der Waals surface area contributed by atoms with Crippen molar-refractivity contribution < 1.29 is 14.6 Å². The van der Waals surface area contributed by atoms with E-state index in [-0.39, 0.29) is 12.7 Å². The third-order valence-electron chi connectivity index (χ3n) is 6.72. The number of benzene rings is 1. The van der Waals surface area contributed by atoms with Gasteiger partial charge >= 0.3 is 0 Å². The van der Waals surface area contributed by atoms with E-state index in [0.29, 0.717) is 17.9 Å². The number of hydrogen-bond donors (Lipinski definition) is 1. The Morgan fingerprint density at radius 1 is 0.794 bits per heavy atom. The molecule has 0 radical (unpaired) electrons. The molecule has 0 saturated carbocycles. The Morgan fingerprint density at radius 3 is 1.74 bits per heavy atom. The second-order valence-electron chi connectivity index (χ2n) is 9.70. The van der Waals surface area contributed by atoms with Gasteiger partial charge in [-0.3, -0.25) is 0 Å². The number of hydrogen-bond acceptors (Lipinski definition) is 4. The molecule has 0 unspecified atom stereocenters. The summed E-state index contributed by atoms with van der Waals surface area (Å²) in [4.78, 5) is 0. The third kappa shape index (κ3) is 15.4. The van der Waals surface area contributed by atoms with Crippen LogP contribution in [0.15, 0.2) is 18.2 Å². The van der Waals surface area contributed by atoms with Crippen LogP contribution in [0.1, 0.15) is 134 Å². The van der Waals surface area contributed by atoms with Crippen molar-refractivity contribution in [3.8, 4) is 11.8 Å². The summed E-state index contributed by atoms with van der Waals surface area (Å²) in [6, 6.07) is 7.48. The summed E-state index contributed by atoms with van der Waals surface area (Å²) >= 11 is 0. The largest absolute Gasteiger partial charge is 0.496 e. The zero-order valence-corrected chi connectivity index (χ0v) is 22.2. The number of unbranched alkanes of at least 4 members (excludes halogenated alkanes) is 16. The van der Waals surface area contributed by atoms with E-state index in [1.807, 2.05) is 6.07 Å². The van der Waals surface area contributed by atoms with Crippen molar-refractivity contribution in [1.29, 1.82) is 5.26 Å². The maximum absolute atomic E-state index is 9.65. The Kier molecular flexibility index (Phi) is 19.6. The van der Waals surface area contributed by atoms with E-state index in [0.717, 1.165) is 18.4 Å². The molecular formula is C30H51NO3. The minimum absolute atomic E-state index is 0.0391. The summed E-state index contributed by atoms with van der Waals surface area (Å²) in [7, 11) is 1.60. The summed E-state index contributed by atoms with van der Waals surface area (Å²) in [5.74, 6) is 0.661. The fraction of sp³-hybridized carbons (Fsp3) is 0.767. The molecule has 194 valence electrons. The molecule has 1 aromatic carbocycles. The van der Waals surface area contributed by atoms with Gasteiger partial charge in [-0.1, -0.05) is 122 Å². The quantitative estimate of drug-likeness (QED) is 0.162. The molecule has 0 aliphatic rings. The molecule has 0 aliphatic heterocycles. The monoisotopic (exact) mass is 473 g/mol. The molecule has 0 amide bonds. The predicted octanol–water partition coefficient (Wildman–Crippen LogP) is 8.49. The van der Waals surface area contributed by atoms with Gasteiger partial charge in [-0.2, -0.15) is 5.26 Å². The average molecular weight is 474 g/mol. The lowest BCUT2D eigenvalue weighted by Crippen LogP contribution is -2.17. The lowest BCUT2D eigenvalue weighted by molar-refractivity contribution is -0.00413. The van der Waals surface area contributed by atoms with Crippen LogP contribution in [0.3, 0.4) is 0 Å². The SMILES string of the molecule is CCCCCCCCCCCCCCCCCCC[C@H](CO)OCc1ccc(C#N)cc1OC. The Balaban J connectivity index is 1.95. The van der Waals surface area contributed by atoms with Crippen molar-refractivity contribution in [2.45, 2.75) is 135 Å². The number of nitrogens with zero attached hydrogens (tertiary/aromatic N) is 1. The highest BCUT2D eigenvalue weighted by atomic mass is 16.5. The van der Waals surface area contributed by atoms with E-state index in [4.69, 9.17) is 14.7 Å². The van der Waals surface area contributed by atoms with Crippen molar-refractivity contribution in [1.82, 2.24) is 0 Å². The number of aliphatic hydroxyl groups is 1. The van der Waals surface area contributed by atoms with Crippen molar-refractivity contribution in [3.05, 3.63) is 29.3 Å². The predicted molar refractivity (Wildman–Crippen MR) is 142 cm³/mol. The van der Waals surface area contributed by atoms with Gasteiger partial charge in [0.1, 0.15) is 5.75 Å². The molecule has 0 spiro atoms. The van der Waals surface area contributed by atoms with Crippen molar-refractivity contribution >= 4 is 0 Å². The lowest BCUT2D eigenvalue weighted by Gasteiger charge is -2.17.